The van der Waals surface area contributed by atoms with E-state index < -0.39 is 0 Å². The molecule has 1 unspecified atom stereocenters. The molecule has 1 amide bonds. The number of ether oxygens (including phenoxy) is 3. The Morgan fingerprint density at radius 1 is 1.16 bits per heavy atom. The number of nitrogens with one attached hydrogen (secondary N) is 1. The summed E-state index contributed by atoms with van der Waals surface area (Å²) in [7, 11) is 4.56. The molecule has 0 heterocycles. The van der Waals surface area contributed by atoms with Crippen molar-refractivity contribution >= 4 is 21.8 Å². The Hall–Kier alpha value is -1.43. The largest absolute Gasteiger partial charge is 0.496 e. The van der Waals surface area contributed by atoms with Crippen LogP contribution in [0.15, 0.2) is 12.1 Å². The number of alkyl halides is 1. The summed E-state index contributed by atoms with van der Waals surface area (Å²) in [6, 6.07) is 3.23. The SMILES string of the molecule is COc1cc(OC)c(C(=O)NCC(C)Br)cc1OC. The predicted molar refractivity (Wildman–Crippen MR) is 76.8 cm³/mol. The highest BCUT2D eigenvalue weighted by Crippen LogP contribution is 2.34. The lowest BCUT2D eigenvalue weighted by atomic mass is 10.1. The maximum atomic E-state index is 12.1. The van der Waals surface area contributed by atoms with Crippen molar-refractivity contribution in [2.75, 3.05) is 27.9 Å². The summed E-state index contributed by atoms with van der Waals surface area (Å²) >= 11 is 3.37. The molecule has 1 aromatic rings. The number of carbonyl (C=O) groups is 1. The molecule has 0 aliphatic rings. The van der Waals surface area contributed by atoms with E-state index >= 15 is 0 Å². The molecule has 1 aromatic carbocycles. The molecule has 1 rings (SSSR count). The van der Waals surface area contributed by atoms with E-state index in [4.69, 9.17) is 14.2 Å². The Bertz CT molecular complexity index is 449. The minimum Gasteiger partial charge on any atom is -0.496 e. The first-order chi connectivity index (χ1) is 9.03. The van der Waals surface area contributed by atoms with Crippen molar-refractivity contribution in [3.05, 3.63) is 17.7 Å². The number of carbonyl (C=O) groups excluding carboxylic acids is 1. The van der Waals surface area contributed by atoms with Gasteiger partial charge in [0.05, 0.1) is 26.9 Å². The lowest BCUT2D eigenvalue weighted by Gasteiger charge is -2.14. The molecule has 106 valence electrons. The Kier molecular flexibility index (Phi) is 5.95. The van der Waals surface area contributed by atoms with E-state index in [1.54, 1.807) is 12.1 Å². The minimum absolute atomic E-state index is 0.197. The van der Waals surface area contributed by atoms with Gasteiger partial charge >= 0.3 is 0 Å². The smallest absolute Gasteiger partial charge is 0.255 e. The number of hydrogen-bond donors (Lipinski definition) is 1. The molecule has 0 spiro atoms. The molecule has 1 N–H and O–H groups in total. The van der Waals surface area contributed by atoms with Crippen LogP contribution in [0, 0.1) is 0 Å². The zero-order valence-electron chi connectivity index (χ0n) is 11.5. The summed E-state index contributed by atoms with van der Waals surface area (Å²) in [5, 5.41) is 2.80. The summed E-state index contributed by atoms with van der Waals surface area (Å²) in [4.78, 5) is 12.3. The van der Waals surface area contributed by atoms with Gasteiger partial charge in [-0.25, -0.2) is 0 Å². The molecule has 0 saturated carbocycles. The van der Waals surface area contributed by atoms with Crippen LogP contribution in [-0.4, -0.2) is 38.6 Å². The number of hydrogen-bond acceptors (Lipinski definition) is 4. The van der Waals surface area contributed by atoms with E-state index in [9.17, 15) is 4.79 Å². The van der Waals surface area contributed by atoms with E-state index in [0.29, 0.717) is 29.4 Å². The second kappa shape index (κ2) is 7.23. The molecule has 0 fully saturated rings. The first-order valence-electron chi connectivity index (χ1n) is 5.75. The average Bonchev–Trinajstić information content (AvgIpc) is 2.42. The Labute approximate surface area is 121 Å². The van der Waals surface area contributed by atoms with Crippen LogP contribution >= 0.6 is 15.9 Å². The second-order valence-electron chi connectivity index (χ2n) is 3.90. The van der Waals surface area contributed by atoms with E-state index in [1.807, 2.05) is 6.92 Å². The molecule has 1 atom stereocenters. The van der Waals surface area contributed by atoms with E-state index in [2.05, 4.69) is 21.2 Å². The zero-order valence-corrected chi connectivity index (χ0v) is 13.0. The molecule has 0 aliphatic carbocycles. The normalized spacial score (nSPS) is 11.6. The molecule has 0 bridgehead atoms. The van der Waals surface area contributed by atoms with Crippen molar-refractivity contribution < 1.29 is 19.0 Å². The number of halogens is 1. The van der Waals surface area contributed by atoms with Gasteiger partial charge in [0.25, 0.3) is 5.91 Å². The standard InChI is InChI=1S/C13H18BrNO4/c1-8(14)7-15-13(16)9-5-11(18-3)12(19-4)6-10(9)17-2/h5-6,8H,7H2,1-4H3,(H,15,16). The molecular formula is C13H18BrNO4. The minimum atomic E-state index is -0.218. The summed E-state index contributed by atoms with van der Waals surface area (Å²) in [5.41, 5.74) is 0.410. The fourth-order valence-electron chi connectivity index (χ4n) is 1.54. The van der Waals surface area contributed by atoms with Crippen LogP contribution in [-0.2, 0) is 0 Å². The highest BCUT2D eigenvalue weighted by atomic mass is 79.9. The van der Waals surface area contributed by atoms with Crippen LogP contribution in [0.4, 0.5) is 0 Å². The topological polar surface area (TPSA) is 56.8 Å². The van der Waals surface area contributed by atoms with Crippen LogP contribution < -0.4 is 19.5 Å². The molecule has 6 heteroatoms. The van der Waals surface area contributed by atoms with Crippen molar-refractivity contribution in [2.45, 2.75) is 11.8 Å². The Morgan fingerprint density at radius 3 is 2.16 bits per heavy atom. The summed E-state index contributed by atoms with van der Waals surface area (Å²) in [6.45, 7) is 2.47. The van der Waals surface area contributed by atoms with Gasteiger partial charge in [-0.1, -0.05) is 22.9 Å². The van der Waals surface area contributed by atoms with Crippen LogP contribution in [0.2, 0.25) is 0 Å². The lowest BCUT2D eigenvalue weighted by Crippen LogP contribution is -2.28. The molecule has 0 aliphatic heterocycles. The van der Waals surface area contributed by atoms with Crippen molar-refractivity contribution in [1.82, 2.24) is 5.32 Å². The summed E-state index contributed by atoms with van der Waals surface area (Å²) < 4.78 is 15.6. The zero-order chi connectivity index (χ0) is 14.4. The van der Waals surface area contributed by atoms with E-state index in [1.165, 1.54) is 21.3 Å². The first-order valence-corrected chi connectivity index (χ1v) is 6.67. The van der Waals surface area contributed by atoms with Crippen LogP contribution in [0.5, 0.6) is 17.2 Å². The highest BCUT2D eigenvalue weighted by Gasteiger charge is 2.17. The molecule has 19 heavy (non-hydrogen) atoms. The van der Waals surface area contributed by atoms with Crippen LogP contribution in [0.1, 0.15) is 17.3 Å². The lowest BCUT2D eigenvalue weighted by molar-refractivity contribution is 0.0951. The third-order valence-corrected chi connectivity index (χ3v) is 2.82. The van der Waals surface area contributed by atoms with Gasteiger partial charge in [-0.2, -0.15) is 0 Å². The van der Waals surface area contributed by atoms with E-state index in [0.717, 1.165) is 0 Å². The van der Waals surface area contributed by atoms with Gasteiger partial charge in [-0.3, -0.25) is 4.79 Å². The molecule has 0 saturated heterocycles. The van der Waals surface area contributed by atoms with E-state index in [-0.39, 0.29) is 10.7 Å². The maximum Gasteiger partial charge on any atom is 0.255 e. The first kappa shape index (κ1) is 15.6. The van der Waals surface area contributed by atoms with Gasteiger partial charge in [-0.15, -0.1) is 0 Å². The van der Waals surface area contributed by atoms with Gasteiger partial charge < -0.3 is 19.5 Å². The predicted octanol–water partition coefficient (Wildman–Crippen LogP) is 2.23. The quantitative estimate of drug-likeness (QED) is 0.812. The summed E-state index contributed by atoms with van der Waals surface area (Å²) in [6.07, 6.45) is 0. The Balaban J connectivity index is 3.07. The summed E-state index contributed by atoms with van der Waals surface area (Å²) in [5.74, 6) is 1.23. The monoisotopic (exact) mass is 331 g/mol. The van der Waals surface area contributed by atoms with Gasteiger partial charge in [0.1, 0.15) is 5.75 Å². The number of methoxy groups -OCH3 is 3. The number of rotatable bonds is 6. The highest BCUT2D eigenvalue weighted by molar-refractivity contribution is 9.09. The average molecular weight is 332 g/mol. The Morgan fingerprint density at radius 2 is 1.68 bits per heavy atom. The van der Waals surface area contributed by atoms with Gasteiger partial charge in [0, 0.05) is 23.5 Å². The third-order valence-electron chi connectivity index (χ3n) is 2.49. The van der Waals surface area contributed by atoms with Gasteiger partial charge in [0.2, 0.25) is 0 Å². The number of amides is 1. The van der Waals surface area contributed by atoms with Crippen LogP contribution in [0.3, 0.4) is 0 Å². The molecule has 5 nitrogen and oxygen atoms in total. The fourth-order valence-corrected chi connectivity index (χ4v) is 1.70. The second-order valence-corrected chi connectivity index (χ2v) is 5.46. The fraction of sp³-hybridized carbons (Fsp3) is 0.462. The molecule has 0 radical (unpaired) electrons. The number of benzene rings is 1. The van der Waals surface area contributed by atoms with Gasteiger partial charge in [-0.05, 0) is 0 Å². The van der Waals surface area contributed by atoms with Crippen molar-refractivity contribution in [1.29, 1.82) is 0 Å². The molecular weight excluding hydrogens is 314 g/mol. The van der Waals surface area contributed by atoms with Gasteiger partial charge in [0.15, 0.2) is 11.5 Å². The maximum absolute atomic E-state index is 12.1. The third kappa shape index (κ3) is 4.02. The van der Waals surface area contributed by atoms with Crippen molar-refractivity contribution in [2.24, 2.45) is 0 Å². The van der Waals surface area contributed by atoms with Crippen molar-refractivity contribution in [3.8, 4) is 17.2 Å². The van der Waals surface area contributed by atoms with Crippen LogP contribution in [0.25, 0.3) is 0 Å². The molecule has 0 aromatic heterocycles. The van der Waals surface area contributed by atoms with Crippen molar-refractivity contribution in [3.63, 3.8) is 0 Å².